The first-order valence-electron chi connectivity index (χ1n) is 8.83. The number of hydrogen-bond donors (Lipinski definition) is 0. The molecule has 7 heteroatoms. The molecule has 28 heavy (non-hydrogen) atoms. The maximum absolute atomic E-state index is 13.6. The molecule has 0 aliphatic carbocycles. The zero-order valence-corrected chi connectivity index (χ0v) is 17.4. The number of anilines is 1. The molecule has 0 spiro atoms. The van der Waals surface area contributed by atoms with E-state index in [4.69, 9.17) is 4.74 Å². The van der Waals surface area contributed by atoms with Crippen LogP contribution in [-0.2, 0) is 19.2 Å². The lowest BCUT2D eigenvalue weighted by molar-refractivity contribution is -0.138. The third kappa shape index (κ3) is 4.82. The van der Waals surface area contributed by atoms with E-state index in [0.29, 0.717) is 5.75 Å². The van der Waals surface area contributed by atoms with Gasteiger partial charge in [-0.05, 0) is 61.4 Å². The number of halogens is 3. The molecular formula is C21H24F3NO2S. The van der Waals surface area contributed by atoms with Crippen molar-refractivity contribution in [2.45, 2.75) is 40.0 Å². The Labute approximate surface area is 167 Å². The molecular weight excluding hydrogens is 387 g/mol. The SMILES string of the molecule is CCc1cc(C)c(OCc2c(N(C)C(=O)SC)cccc2C(F)(F)F)cc1C. The minimum atomic E-state index is -4.55. The van der Waals surface area contributed by atoms with E-state index < -0.39 is 11.7 Å². The number of thioether (sulfide) groups is 1. The highest BCUT2D eigenvalue weighted by Crippen LogP contribution is 2.37. The number of ether oxygens (including phenoxy) is 1. The van der Waals surface area contributed by atoms with Gasteiger partial charge in [-0.25, -0.2) is 0 Å². The number of amides is 1. The summed E-state index contributed by atoms with van der Waals surface area (Å²) in [6.45, 7) is 5.58. The summed E-state index contributed by atoms with van der Waals surface area (Å²) in [5.41, 5.74) is 2.39. The van der Waals surface area contributed by atoms with Crippen LogP contribution in [0.25, 0.3) is 0 Å². The average Bonchev–Trinajstić information content (AvgIpc) is 2.65. The lowest BCUT2D eigenvalue weighted by Crippen LogP contribution is -2.25. The number of rotatable bonds is 5. The first-order valence-corrected chi connectivity index (χ1v) is 10.1. The highest BCUT2D eigenvalue weighted by molar-refractivity contribution is 8.13. The second kappa shape index (κ2) is 8.90. The van der Waals surface area contributed by atoms with Crippen LogP contribution < -0.4 is 9.64 Å². The van der Waals surface area contributed by atoms with Gasteiger partial charge < -0.3 is 9.64 Å². The van der Waals surface area contributed by atoms with Gasteiger partial charge in [0.25, 0.3) is 5.24 Å². The Hall–Kier alpha value is -2.15. The maximum Gasteiger partial charge on any atom is 0.416 e. The second-order valence-corrected chi connectivity index (χ2v) is 7.27. The van der Waals surface area contributed by atoms with E-state index in [-0.39, 0.29) is 23.1 Å². The van der Waals surface area contributed by atoms with Gasteiger partial charge in [-0.1, -0.05) is 30.8 Å². The van der Waals surface area contributed by atoms with Gasteiger partial charge in [0.1, 0.15) is 12.4 Å². The Balaban J connectivity index is 2.46. The van der Waals surface area contributed by atoms with Crippen molar-refractivity contribution >= 4 is 22.7 Å². The van der Waals surface area contributed by atoms with Crippen LogP contribution in [0, 0.1) is 13.8 Å². The van der Waals surface area contributed by atoms with Crippen LogP contribution in [0.4, 0.5) is 23.7 Å². The molecule has 0 saturated carbocycles. The van der Waals surface area contributed by atoms with E-state index in [9.17, 15) is 18.0 Å². The molecule has 0 aliphatic heterocycles. The molecule has 2 aromatic carbocycles. The summed E-state index contributed by atoms with van der Waals surface area (Å²) in [5.74, 6) is 0.538. The number of hydrogen-bond acceptors (Lipinski definition) is 3. The van der Waals surface area contributed by atoms with Crippen molar-refractivity contribution in [1.29, 1.82) is 0 Å². The molecule has 0 fully saturated rings. The van der Waals surface area contributed by atoms with E-state index in [1.165, 1.54) is 29.6 Å². The monoisotopic (exact) mass is 411 g/mol. The zero-order valence-electron chi connectivity index (χ0n) is 16.6. The largest absolute Gasteiger partial charge is 0.489 e. The van der Waals surface area contributed by atoms with E-state index in [2.05, 4.69) is 0 Å². The molecule has 0 aromatic heterocycles. The van der Waals surface area contributed by atoms with Crippen molar-refractivity contribution < 1.29 is 22.7 Å². The van der Waals surface area contributed by atoms with Crippen molar-refractivity contribution in [3.05, 3.63) is 58.1 Å². The highest BCUT2D eigenvalue weighted by Gasteiger charge is 2.35. The molecule has 0 saturated heterocycles. The molecule has 0 heterocycles. The summed E-state index contributed by atoms with van der Waals surface area (Å²) in [6.07, 6.45) is -2.09. The molecule has 2 rings (SSSR count). The number of aryl methyl sites for hydroxylation is 3. The fraction of sp³-hybridized carbons (Fsp3) is 0.381. The highest BCUT2D eigenvalue weighted by atomic mass is 32.2. The van der Waals surface area contributed by atoms with Crippen LogP contribution in [0.5, 0.6) is 5.75 Å². The van der Waals surface area contributed by atoms with Gasteiger partial charge in [0.15, 0.2) is 0 Å². The quantitative estimate of drug-likeness (QED) is 0.571. The van der Waals surface area contributed by atoms with Gasteiger partial charge in [-0.15, -0.1) is 0 Å². The molecule has 0 atom stereocenters. The van der Waals surface area contributed by atoms with Gasteiger partial charge in [0, 0.05) is 12.6 Å². The summed E-state index contributed by atoms with van der Waals surface area (Å²) in [7, 11) is 1.46. The van der Waals surface area contributed by atoms with E-state index in [0.717, 1.165) is 35.4 Å². The Bertz CT molecular complexity index is 865. The summed E-state index contributed by atoms with van der Waals surface area (Å²) in [4.78, 5) is 13.3. The number of carbonyl (C=O) groups is 1. The van der Waals surface area contributed by atoms with Crippen molar-refractivity contribution in [1.82, 2.24) is 0 Å². The molecule has 0 unspecified atom stereocenters. The minimum absolute atomic E-state index is 0.0588. The van der Waals surface area contributed by atoms with Crippen LogP contribution in [-0.4, -0.2) is 18.5 Å². The zero-order chi connectivity index (χ0) is 21.1. The van der Waals surface area contributed by atoms with Crippen molar-refractivity contribution in [2.75, 3.05) is 18.2 Å². The number of carbonyl (C=O) groups excluding carboxylic acids is 1. The van der Waals surface area contributed by atoms with Gasteiger partial charge in [0.05, 0.1) is 11.3 Å². The van der Waals surface area contributed by atoms with Crippen molar-refractivity contribution in [2.24, 2.45) is 0 Å². The molecule has 2 aromatic rings. The molecule has 0 N–H and O–H groups in total. The first kappa shape index (κ1) is 22.1. The van der Waals surface area contributed by atoms with Gasteiger partial charge in [-0.3, -0.25) is 4.79 Å². The molecule has 0 bridgehead atoms. The normalized spacial score (nSPS) is 11.4. The van der Waals surface area contributed by atoms with E-state index >= 15 is 0 Å². The van der Waals surface area contributed by atoms with E-state index in [1.807, 2.05) is 32.9 Å². The first-order chi connectivity index (χ1) is 13.1. The molecule has 0 radical (unpaired) electrons. The van der Waals surface area contributed by atoms with Gasteiger partial charge >= 0.3 is 6.18 Å². The topological polar surface area (TPSA) is 29.5 Å². The minimum Gasteiger partial charge on any atom is -0.489 e. The van der Waals surface area contributed by atoms with Crippen molar-refractivity contribution in [3.63, 3.8) is 0 Å². The summed E-state index contributed by atoms with van der Waals surface area (Å²) in [5, 5.41) is -0.347. The smallest absolute Gasteiger partial charge is 0.416 e. The molecule has 0 aliphatic rings. The number of benzene rings is 2. The molecule has 1 amide bonds. The standard InChI is InChI=1S/C21H24F3NO2S/c1-6-15-10-14(3)19(11-13(15)2)27-12-16-17(21(22,23)24)8-7-9-18(16)25(4)20(26)28-5/h7-11H,6,12H2,1-5H3. The fourth-order valence-corrected chi connectivity index (χ4v) is 3.45. The third-order valence-electron chi connectivity index (χ3n) is 4.65. The summed E-state index contributed by atoms with van der Waals surface area (Å²) in [6, 6.07) is 7.65. The van der Waals surface area contributed by atoms with Crippen LogP contribution >= 0.6 is 11.8 Å². The summed E-state index contributed by atoms with van der Waals surface area (Å²) >= 11 is 0.938. The Morgan fingerprint density at radius 3 is 2.43 bits per heavy atom. The predicted octanol–water partition coefficient (Wildman–Crippen LogP) is 6.38. The van der Waals surface area contributed by atoms with E-state index in [1.54, 1.807) is 6.26 Å². The van der Waals surface area contributed by atoms with Gasteiger partial charge in [-0.2, -0.15) is 13.2 Å². The van der Waals surface area contributed by atoms with Crippen molar-refractivity contribution in [3.8, 4) is 5.75 Å². The van der Waals surface area contributed by atoms with Crippen LogP contribution in [0.3, 0.4) is 0 Å². The second-order valence-electron chi connectivity index (χ2n) is 6.52. The number of nitrogens with zero attached hydrogens (tertiary/aromatic N) is 1. The number of alkyl halides is 3. The molecule has 3 nitrogen and oxygen atoms in total. The summed E-state index contributed by atoms with van der Waals surface area (Å²) < 4.78 is 46.5. The lowest BCUT2D eigenvalue weighted by atomic mass is 10.0. The van der Waals surface area contributed by atoms with Crippen LogP contribution in [0.1, 0.15) is 34.7 Å². The third-order valence-corrected chi connectivity index (χ3v) is 5.28. The lowest BCUT2D eigenvalue weighted by Gasteiger charge is -2.23. The van der Waals surface area contributed by atoms with Crippen LogP contribution in [0.15, 0.2) is 30.3 Å². The Morgan fingerprint density at radius 2 is 1.86 bits per heavy atom. The maximum atomic E-state index is 13.6. The Morgan fingerprint density at radius 1 is 1.18 bits per heavy atom. The Kier molecular flexibility index (Phi) is 7.04. The average molecular weight is 411 g/mol. The van der Waals surface area contributed by atoms with Crippen LogP contribution in [0.2, 0.25) is 0 Å². The molecule has 152 valence electrons. The predicted molar refractivity (Wildman–Crippen MR) is 108 cm³/mol. The van der Waals surface area contributed by atoms with Gasteiger partial charge in [0.2, 0.25) is 0 Å². The fourth-order valence-electron chi connectivity index (χ4n) is 3.08.